The van der Waals surface area contributed by atoms with Gasteiger partial charge in [-0.1, -0.05) is 55.0 Å². The van der Waals surface area contributed by atoms with E-state index in [1.165, 1.54) is 16.8 Å². The van der Waals surface area contributed by atoms with Gasteiger partial charge in [0.2, 0.25) is 0 Å². The van der Waals surface area contributed by atoms with Crippen molar-refractivity contribution in [2.24, 2.45) is 0 Å². The first kappa shape index (κ1) is 23.6. The highest BCUT2D eigenvalue weighted by molar-refractivity contribution is 5.94. The van der Waals surface area contributed by atoms with Gasteiger partial charge in [-0.2, -0.15) is 10.2 Å². The predicted octanol–water partition coefficient (Wildman–Crippen LogP) is 3.61. The van der Waals surface area contributed by atoms with Crippen LogP contribution in [0.3, 0.4) is 0 Å². The number of carbonyl (C=O) groups excluding carboxylic acids is 2. The van der Waals surface area contributed by atoms with Crippen molar-refractivity contribution in [1.29, 1.82) is 0 Å². The van der Waals surface area contributed by atoms with E-state index in [2.05, 4.69) is 15.5 Å². The van der Waals surface area contributed by atoms with Crippen LogP contribution in [0.1, 0.15) is 29.4 Å². The molecule has 2 aromatic carbocycles. The molecule has 0 spiro atoms. The lowest BCUT2D eigenvalue weighted by atomic mass is 10.1. The molecule has 0 saturated carbocycles. The Bertz CT molecular complexity index is 1390. The predicted molar refractivity (Wildman–Crippen MR) is 131 cm³/mol. The molecule has 0 radical (unpaired) electrons. The maximum absolute atomic E-state index is 12.6. The molecule has 1 amide bonds. The topological polar surface area (TPSA) is 108 Å². The van der Waals surface area contributed by atoms with Crippen molar-refractivity contribution in [1.82, 2.24) is 19.6 Å². The summed E-state index contributed by atoms with van der Waals surface area (Å²) in [7, 11) is 0. The van der Waals surface area contributed by atoms with Crippen LogP contribution >= 0.6 is 0 Å². The Morgan fingerprint density at radius 2 is 1.71 bits per heavy atom. The van der Waals surface area contributed by atoms with Crippen LogP contribution in [0, 0.1) is 6.92 Å². The van der Waals surface area contributed by atoms with Crippen LogP contribution in [0.5, 0.6) is 0 Å². The van der Waals surface area contributed by atoms with Crippen molar-refractivity contribution in [3.05, 3.63) is 94.4 Å². The van der Waals surface area contributed by atoms with E-state index in [-0.39, 0.29) is 11.3 Å². The molecule has 35 heavy (non-hydrogen) atoms. The summed E-state index contributed by atoms with van der Waals surface area (Å²) < 4.78 is 7.95. The quantitative estimate of drug-likeness (QED) is 0.393. The first-order chi connectivity index (χ1) is 16.9. The molecular formula is C26H25N5O4. The zero-order valence-electron chi connectivity index (χ0n) is 19.5. The smallest absolute Gasteiger partial charge is 0.359 e. The van der Waals surface area contributed by atoms with Gasteiger partial charge in [0.15, 0.2) is 12.3 Å². The third-order valence-corrected chi connectivity index (χ3v) is 5.17. The second kappa shape index (κ2) is 10.6. The Balaban J connectivity index is 1.50. The minimum absolute atomic E-state index is 0.0400. The minimum Gasteiger partial charge on any atom is -0.451 e. The molecule has 0 bridgehead atoms. The van der Waals surface area contributed by atoms with Gasteiger partial charge in [0.05, 0.1) is 11.4 Å². The SMILES string of the molecule is CCCn1nc(C(=O)OCC(=O)Nc2cc(-c3ccc(C)cc3)nn2-c2ccccc2)ccc1=O. The van der Waals surface area contributed by atoms with Crippen molar-refractivity contribution in [3.8, 4) is 16.9 Å². The molecule has 9 nitrogen and oxygen atoms in total. The van der Waals surface area contributed by atoms with E-state index >= 15 is 0 Å². The molecule has 9 heteroatoms. The average molecular weight is 472 g/mol. The summed E-state index contributed by atoms with van der Waals surface area (Å²) in [5.41, 5.74) is 3.14. The van der Waals surface area contributed by atoms with E-state index in [4.69, 9.17) is 4.74 Å². The fourth-order valence-electron chi connectivity index (χ4n) is 3.42. The second-order valence-electron chi connectivity index (χ2n) is 7.93. The molecule has 2 aromatic heterocycles. The summed E-state index contributed by atoms with van der Waals surface area (Å²) in [6.45, 7) is 3.77. The van der Waals surface area contributed by atoms with Gasteiger partial charge in [-0.15, -0.1) is 0 Å². The number of nitrogens with one attached hydrogen (secondary N) is 1. The van der Waals surface area contributed by atoms with Gasteiger partial charge in [0, 0.05) is 24.2 Å². The molecule has 0 aliphatic rings. The van der Waals surface area contributed by atoms with Gasteiger partial charge in [0.25, 0.3) is 11.5 Å². The van der Waals surface area contributed by atoms with E-state index in [1.54, 1.807) is 10.7 Å². The number of ether oxygens (including phenoxy) is 1. The van der Waals surface area contributed by atoms with Gasteiger partial charge in [-0.3, -0.25) is 9.59 Å². The Morgan fingerprint density at radius 1 is 0.971 bits per heavy atom. The third-order valence-electron chi connectivity index (χ3n) is 5.17. The van der Waals surface area contributed by atoms with Crippen molar-refractivity contribution < 1.29 is 14.3 Å². The van der Waals surface area contributed by atoms with Crippen LogP contribution in [-0.2, 0) is 16.1 Å². The Morgan fingerprint density at radius 3 is 2.43 bits per heavy atom. The summed E-state index contributed by atoms with van der Waals surface area (Å²) in [5, 5.41) is 11.4. The monoisotopic (exact) mass is 471 g/mol. The molecule has 0 unspecified atom stereocenters. The lowest BCUT2D eigenvalue weighted by Crippen LogP contribution is -2.26. The summed E-state index contributed by atoms with van der Waals surface area (Å²) in [4.78, 5) is 36.8. The fraction of sp³-hybridized carbons (Fsp3) is 0.192. The highest BCUT2D eigenvalue weighted by Crippen LogP contribution is 2.25. The fourth-order valence-corrected chi connectivity index (χ4v) is 3.42. The second-order valence-corrected chi connectivity index (χ2v) is 7.93. The number of carbonyl (C=O) groups is 2. The number of hydrogen-bond donors (Lipinski definition) is 1. The standard InChI is InChI=1S/C26H25N5O4/c1-3-15-30-25(33)14-13-21(28-30)26(34)35-17-24(32)27-23-16-22(19-11-9-18(2)10-12-19)29-31(23)20-7-5-4-6-8-20/h4-14,16H,3,15,17H2,1-2H3,(H,27,32). The Labute approximate surface area is 202 Å². The molecule has 0 aliphatic carbocycles. The molecule has 0 saturated heterocycles. The van der Waals surface area contributed by atoms with Gasteiger partial charge in [0.1, 0.15) is 5.82 Å². The van der Waals surface area contributed by atoms with Crippen LogP contribution in [0.25, 0.3) is 16.9 Å². The largest absolute Gasteiger partial charge is 0.451 e. The normalized spacial score (nSPS) is 10.7. The summed E-state index contributed by atoms with van der Waals surface area (Å²) >= 11 is 0. The molecule has 4 rings (SSSR count). The van der Waals surface area contributed by atoms with Crippen LogP contribution in [0.15, 0.2) is 77.6 Å². The van der Waals surface area contributed by atoms with Crippen LogP contribution in [0.4, 0.5) is 5.82 Å². The van der Waals surface area contributed by atoms with Gasteiger partial charge in [-0.25, -0.2) is 14.2 Å². The zero-order chi connectivity index (χ0) is 24.8. The lowest BCUT2D eigenvalue weighted by molar-refractivity contribution is -0.119. The number of para-hydroxylation sites is 1. The number of benzene rings is 2. The minimum atomic E-state index is -0.790. The van der Waals surface area contributed by atoms with Crippen molar-refractivity contribution in [3.63, 3.8) is 0 Å². The number of aryl methyl sites for hydroxylation is 2. The molecular weight excluding hydrogens is 446 g/mol. The van der Waals surface area contributed by atoms with E-state index in [0.29, 0.717) is 24.5 Å². The molecule has 178 valence electrons. The number of aromatic nitrogens is 4. The van der Waals surface area contributed by atoms with E-state index in [0.717, 1.165) is 16.8 Å². The number of rotatable bonds is 8. The van der Waals surface area contributed by atoms with Crippen molar-refractivity contribution >= 4 is 17.7 Å². The molecule has 0 aliphatic heterocycles. The van der Waals surface area contributed by atoms with Gasteiger partial charge in [-0.05, 0) is 31.5 Å². The van der Waals surface area contributed by atoms with Gasteiger partial charge < -0.3 is 10.1 Å². The number of hydrogen-bond acceptors (Lipinski definition) is 6. The van der Waals surface area contributed by atoms with Crippen LogP contribution in [0.2, 0.25) is 0 Å². The highest BCUT2D eigenvalue weighted by Gasteiger charge is 2.17. The van der Waals surface area contributed by atoms with E-state index in [1.807, 2.05) is 68.4 Å². The summed E-state index contributed by atoms with van der Waals surface area (Å²) in [6, 6.07) is 21.6. The molecule has 0 fully saturated rings. The van der Waals surface area contributed by atoms with Gasteiger partial charge >= 0.3 is 5.97 Å². The number of anilines is 1. The Kier molecular flexibility index (Phi) is 7.15. The summed E-state index contributed by atoms with van der Waals surface area (Å²) in [5.74, 6) is -0.892. The molecule has 1 N–H and O–H groups in total. The highest BCUT2D eigenvalue weighted by atomic mass is 16.5. The third kappa shape index (κ3) is 5.70. The average Bonchev–Trinajstić information content (AvgIpc) is 3.28. The van der Waals surface area contributed by atoms with Crippen molar-refractivity contribution in [2.75, 3.05) is 11.9 Å². The summed E-state index contributed by atoms with van der Waals surface area (Å²) in [6.07, 6.45) is 0.688. The zero-order valence-corrected chi connectivity index (χ0v) is 19.5. The first-order valence-electron chi connectivity index (χ1n) is 11.2. The van der Waals surface area contributed by atoms with E-state index < -0.39 is 18.5 Å². The number of nitrogens with zero attached hydrogens (tertiary/aromatic N) is 4. The van der Waals surface area contributed by atoms with Crippen LogP contribution in [-0.4, -0.2) is 38.0 Å². The Hall–Kier alpha value is -4.53. The number of amides is 1. The molecule has 0 atom stereocenters. The molecule has 2 heterocycles. The maximum Gasteiger partial charge on any atom is 0.359 e. The van der Waals surface area contributed by atoms with E-state index in [9.17, 15) is 14.4 Å². The number of esters is 1. The molecule has 4 aromatic rings. The van der Waals surface area contributed by atoms with Crippen molar-refractivity contribution in [2.45, 2.75) is 26.8 Å². The lowest BCUT2D eigenvalue weighted by Gasteiger charge is -2.09. The maximum atomic E-state index is 12.6. The first-order valence-corrected chi connectivity index (χ1v) is 11.2. The van der Waals surface area contributed by atoms with Crippen LogP contribution < -0.4 is 10.9 Å².